The van der Waals surface area contributed by atoms with Crippen molar-refractivity contribution in [3.8, 4) is 0 Å². The van der Waals surface area contributed by atoms with Gasteiger partial charge in [0, 0.05) is 47.2 Å². The minimum Gasteiger partial charge on any atom is -0.378 e. The topological polar surface area (TPSA) is 49.8 Å². The normalized spacial score (nSPS) is 15.4. The third kappa shape index (κ3) is 4.95. The van der Waals surface area contributed by atoms with Crippen LogP contribution in [0.4, 0.5) is 5.69 Å². The van der Waals surface area contributed by atoms with Crippen LogP contribution in [0.15, 0.2) is 23.0 Å². The van der Waals surface area contributed by atoms with Crippen LogP contribution in [0.2, 0.25) is 0 Å². The lowest BCUT2D eigenvalue weighted by atomic mass is 10.1. The predicted molar refractivity (Wildman–Crippen MR) is 116 cm³/mol. The Morgan fingerprint density at radius 1 is 1.11 bits per heavy atom. The molecule has 0 bridgehead atoms. The minimum absolute atomic E-state index is 0.186. The van der Waals surface area contributed by atoms with Gasteiger partial charge in [-0.2, -0.15) is 0 Å². The van der Waals surface area contributed by atoms with Crippen molar-refractivity contribution in [2.24, 2.45) is 11.8 Å². The molecule has 2 aromatic rings. The van der Waals surface area contributed by atoms with Crippen LogP contribution in [0.3, 0.4) is 0 Å². The van der Waals surface area contributed by atoms with Crippen LogP contribution < -0.4 is 15.2 Å². The smallest absolute Gasteiger partial charge is 0.198 e. The number of H-pyrrole nitrogens is 1. The molecule has 1 aliphatic heterocycles. The summed E-state index contributed by atoms with van der Waals surface area (Å²) in [6.45, 7) is 17.3. The number of anilines is 1. The fourth-order valence-corrected chi connectivity index (χ4v) is 4.30. The van der Waals surface area contributed by atoms with E-state index in [1.165, 1.54) is 4.90 Å². The molecular weight excluding hydrogens is 350 g/mol. The number of aromatic nitrogens is 1. The van der Waals surface area contributed by atoms with E-state index in [2.05, 4.69) is 49.7 Å². The Morgan fingerprint density at radius 3 is 2.36 bits per heavy atom. The number of fused-ring (bicyclic) bond motifs is 1. The summed E-state index contributed by atoms with van der Waals surface area (Å²) >= 11 is 0. The van der Waals surface area contributed by atoms with E-state index >= 15 is 0 Å². The molecule has 1 fully saturated rings. The minimum atomic E-state index is 0.186. The summed E-state index contributed by atoms with van der Waals surface area (Å²) in [5.41, 5.74) is 4.16. The van der Waals surface area contributed by atoms with Crippen molar-refractivity contribution in [1.29, 1.82) is 0 Å². The molecule has 2 N–H and O–H groups in total. The number of nitrogens with zero attached hydrogens (tertiary/aromatic N) is 1. The molecule has 1 aromatic heterocycles. The molecule has 0 saturated carbocycles. The molecule has 0 radical (unpaired) electrons. The van der Waals surface area contributed by atoms with Crippen molar-refractivity contribution in [3.63, 3.8) is 0 Å². The molecule has 1 saturated heterocycles. The zero-order chi connectivity index (χ0) is 20.3. The zero-order valence-corrected chi connectivity index (χ0v) is 18.1. The first-order valence-electron chi connectivity index (χ1n) is 10.7. The van der Waals surface area contributed by atoms with Crippen molar-refractivity contribution in [2.75, 3.05) is 44.3 Å². The monoisotopic (exact) mass is 386 g/mol. The number of nitrogens with one attached hydrogen (secondary N) is 2. The van der Waals surface area contributed by atoms with Crippen LogP contribution in [0.1, 0.15) is 39.0 Å². The summed E-state index contributed by atoms with van der Waals surface area (Å²) < 4.78 is 5.46. The molecule has 0 atom stereocenters. The van der Waals surface area contributed by atoms with E-state index in [1.807, 2.05) is 13.0 Å². The van der Waals surface area contributed by atoms with Gasteiger partial charge in [0.1, 0.15) is 6.54 Å². The Morgan fingerprint density at radius 2 is 1.75 bits per heavy atom. The molecule has 28 heavy (non-hydrogen) atoms. The second-order valence-corrected chi connectivity index (χ2v) is 9.01. The average molecular weight is 387 g/mol. The molecule has 5 nitrogen and oxygen atoms in total. The van der Waals surface area contributed by atoms with E-state index in [1.54, 1.807) is 0 Å². The van der Waals surface area contributed by atoms with Gasteiger partial charge in [0.25, 0.3) is 0 Å². The molecule has 0 aliphatic carbocycles. The molecule has 154 valence electrons. The van der Waals surface area contributed by atoms with Crippen LogP contribution in [0.25, 0.3) is 10.9 Å². The van der Waals surface area contributed by atoms with Gasteiger partial charge in [0.2, 0.25) is 0 Å². The molecule has 1 aromatic carbocycles. The van der Waals surface area contributed by atoms with Crippen LogP contribution in [0, 0.1) is 18.8 Å². The second-order valence-electron chi connectivity index (χ2n) is 9.01. The highest BCUT2D eigenvalue weighted by Crippen LogP contribution is 2.21. The number of ether oxygens (including phenoxy) is 1. The lowest BCUT2D eigenvalue weighted by Gasteiger charge is -2.29. The van der Waals surface area contributed by atoms with Crippen molar-refractivity contribution in [2.45, 2.75) is 41.2 Å². The zero-order valence-electron chi connectivity index (χ0n) is 18.1. The molecule has 0 unspecified atom stereocenters. The first-order chi connectivity index (χ1) is 13.3. The highest BCUT2D eigenvalue weighted by Gasteiger charge is 2.19. The summed E-state index contributed by atoms with van der Waals surface area (Å²) in [7, 11) is 0. The molecule has 2 heterocycles. The maximum Gasteiger partial charge on any atom is 0.198 e. The number of aryl methyl sites for hydroxylation is 1. The lowest BCUT2D eigenvalue weighted by Crippen LogP contribution is -3.12. The van der Waals surface area contributed by atoms with E-state index in [9.17, 15) is 4.79 Å². The third-order valence-corrected chi connectivity index (χ3v) is 5.49. The summed E-state index contributed by atoms with van der Waals surface area (Å²) in [5, 5.41) is 0.804. The Hall–Kier alpha value is -1.85. The number of aromatic amines is 1. The summed E-state index contributed by atoms with van der Waals surface area (Å²) in [6, 6.07) is 6.22. The maximum absolute atomic E-state index is 13.4. The number of morpholine rings is 1. The standard InChI is InChI=1S/C23H35N3O2/c1-16(2)13-25(14-17(3)4)15-21-18(5)24-22-7-6-19(12-20(22)23(21)27)26-8-10-28-11-9-26/h6-7,12,16-17H,8-11,13-15H2,1-5H3,(H,24,27)/p+1. The summed E-state index contributed by atoms with van der Waals surface area (Å²) in [5.74, 6) is 1.23. The summed E-state index contributed by atoms with van der Waals surface area (Å²) in [4.78, 5) is 20.7. The Kier molecular flexibility index (Phi) is 6.78. The number of hydrogen-bond acceptors (Lipinski definition) is 3. The van der Waals surface area contributed by atoms with E-state index in [0.29, 0.717) is 11.8 Å². The number of benzene rings is 1. The molecule has 0 amide bonds. The van der Waals surface area contributed by atoms with Gasteiger partial charge in [0.05, 0.1) is 31.9 Å². The van der Waals surface area contributed by atoms with Gasteiger partial charge in [-0.25, -0.2) is 0 Å². The lowest BCUT2D eigenvalue weighted by molar-refractivity contribution is -0.919. The molecular formula is C23H36N3O2+. The third-order valence-electron chi connectivity index (χ3n) is 5.49. The van der Waals surface area contributed by atoms with Gasteiger partial charge in [-0.3, -0.25) is 4.79 Å². The van der Waals surface area contributed by atoms with E-state index in [0.717, 1.165) is 73.8 Å². The van der Waals surface area contributed by atoms with Crippen LogP contribution in [-0.4, -0.2) is 44.4 Å². The van der Waals surface area contributed by atoms with Gasteiger partial charge in [-0.1, -0.05) is 27.7 Å². The average Bonchev–Trinajstić information content (AvgIpc) is 2.64. The quantitative estimate of drug-likeness (QED) is 0.768. The molecule has 5 heteroatoms. The number of hydrogen-bond donors (Lipinski definition) is 2. The molecule has 1 aliphatic rings. The fraction of sp³-hybridized carbons (Fsp3) is 0.609. The van der Waals surface area contributed by atoms with Crippen molar-refractivity contribution >= 4 is 16.6 Å². The number of rotatable bonds is 7. The maximum atomic E-state index is 13.4. The number of pyridine rings is 1. The first kappa shape index (κ1) is 20.9. The highest BCUT2D eigenvalue weighted by molar-refractivity contribution is 5.83. The van der Waals surface area contributed by atoms with Crippen LogP contribution >= 0.6 is 0 Å². The summed E-state index contributed by atoms with van der Waals surface area (Å²) in [6.07, 6.45) is 0. The van der Waals surface area contributed by atoms with E-state index < -0.39 is 0 Å². The van der Waals surface area contributed by atoms with Crippen LogP contribution in [-0.2, 0) is 11.3 Å². The fourth-order valence-electron chi connectivity index (χ4n) is 4.30. The molecule has 0 spiro atoms. The van der Waals surface area contributed by atoms with Crippen LogP contribution in [0.5, 0.6) is 0 Å². The predicted octanol–water partition coefficient (Wildman–Crippen LogP) is 2.37. The van der Waals surface area contributed by atoms with Crippen molar-refractivity contribution in [3.05, 3.63) is 39.7 Å². The Bertz CT molecular complexity index is 841. The van der Waals surface area contributed by atoms with E-state index in [4.69, 9.17) is 4.74 Å². The SMILES string of the molecule is Cc1[nH]c2ccc(N3CCOCC3)cc2c(=O)c1C[NH+](CC(C)C)CC(C)C. The van der Waals surface area contributed by atoms with Gasteiger partial charge < -0.3 is 19.5 Å². The van der Waals surface area contributed by atoms with Crippen molar-refractivity contribution < 1.29 is 9.64 Å². The Labute approximate surface area is 168 Å². The number of quaternary nitrogens is 1. The van der Waals surface area contributed by atoms with Crippen molar-refractivity contribution in [1.82, 2.24) is 4.98 Å². The van der Waals surface area contributed by atoms with Gasteiger partial charge >= 0.3 is 0 Å². The Balaban J connectivity index is 1.96. The van der Waals surface area contributed by atoms with E-state index in [-0.39, 0.29) is 5.43 Å². The van der Waals surface area contributed by atoms with Gasteiger partial charge in [-0.15, -0.1) is 0 Å². The second kappa shape index (κ2) is 9.10. The molecule has 3 rings (SSSR count). The highest BCUT2D eigenvalue weighted by atomic mass is 16.5. The van der Waals surface area contributed by atoms with Gasteiger partial charge in [0.15, 0.2) is 5.43 Å². The van der Waals surface area contributed by atoms with Gasteiger partial charge in [-0.05, 0) is 25.1 Å². The largest absolute Gasteiger partial charge is 0.378 e. The first-order valence-corrected chi connectivity index (χ1v) is 10.7.